The van der Waals surface area contributed by atoms with Gasteiger partial charge in [0.2, 0.25) is 5.91 Å². The van der Waals surface area contributed by atoms with Crippen molar-refractivity contribution in [2.45, 2.75) is 39.2 Å². The Kier molecular flexibility index (Phi) is 6.64. The van der Waals surface area contributed by atoms with Gasteiger partial charge in [-0.05, 0) is 30.2 Å². The number of nitrogens with one attached hydrogen (secondary N) is 2. The highest BCUT2D eigenvalue weighted by atomic mass is 16.2. The third-order valence-electron chi connectivity index (χ3n) is 4.96. The van der Waals surface area contributed by atoms with Gasteiger partial charge in [0.05, 0.1) is 13.1 Å². The van der Waals surface area contributed by atoms with E-state index in [0.717, 1.165) is 12.1 Å². The SMILES string of the molecule is CCC1(CNC(=NCc2ccccc2)NCC(=O)N(C)C)CCC1. The summed E-state index contributed by atoms with van der Waals surface area (Å²) >= 11 is 0. The summed E-state index contributed by atoms with van der Waals surface area (Å²) in [6.45, 7) is 4.03. The molecule has 5 heteroatoms. The molecule has 0 atom stereocenters. The van der Waals surface area contributed by atoms with E-state index < -0.39 is 0 Å². The Bertz CT molecular complexity index is 544. The molecule has 0 unspecified atom stereocenters. The summed E-state index contributed by atoms with van der Waals surface area (Å²) in [5, 5.41) is 6.61. The molecule has 1 amide bonds. The number of nitrogens with zero attached hydrogens (tertiary/aromatic N) is 2. The normalized spacial score (nSPS) is 16.2. The molecule has 1 aliphatic rings. The maximum atomic E-state index is 11.8. The molecule has 0 spiro atoms. The molecule has 1 aromatic rings. The zero-order chi connectivity index (χ0) is 17.4. The van der Waals surface area contributed by atoms with Crippen molar-refractivity contribution >= 4 is 11.9 Å². The van der Waals surface area contributed by atoms with E-state index in [9.17, 15) is 4.79 Å². The van der Waals surface area contributed by atoms with Crippen molar-refractivity contribution < 1.29 is 4.79 Å². The summed E-state index contributed by atoms with van der Waals surface area (Å²) in [6.07, 6.45) is 5.05. The van der Waals surface area contributed by atoms with Crippen LogP contribution >= 0.6 is 0 Å². The molecule has 2 N–H and O–H groups in total. The lowest BCUT2D eigenvalue weighted by Crippen LogP contribution is -2.48. The van der Waals surface area contributed by atoms with Gasteiger partial charge in [-0.25, -0.2) is 4.99 Å². The van der Waals surface area contributed by atoms with Gasteiger partial charge in [0.25, 0.3) is 0 Å². The van der Waals surface area contributed by atoms with E-state index in [4.69, 9.17) is 0 Å². The fourth-order valence-electron chi connectivity index (χ4n) is 2.85. The molecule has 0 bridgehead atoms. The van der Waals surface area contributed by atoms with E-state index in [1.165, 1.54) is 25.7 Å². The van der Waals surface area contributed by atoms with Gasteiger partial charge in [0.15, 0.2) is 5.96 Å². The second-order valence-electron chi connectivity index (χ2n) is 6.85. The maximum absolute atomic E-state index is 11.8. The second-order valence-corrected chi connectivity index (χ2v) is 6.85. The molecule has 24 heavy (non-hydrogen) atoms. The molecule has 1 saturated carbocycles. The number of hydrogen-bond donors (Lipinski definition) is 2. The number of carbonyl (C=O) groups excluding carboxylic acids is 1. The number of benzene rings is 1. The first-order valence-electron chi connectivity index (χ1n) is 8.81. The number of amides is 1. The molecule has 0 heterocycles. The van der Waals surface area contributed by atoms with Crippen LogP contribution in [-0.2, 0) is 11.3 Å². The molecule has 5 nitrogen and oxygen atoms in total. The number of carbonyl (C=O) groups is 1. The van der Waals surface area contributed by atoms with Gasteiger partial charge in [-0.15, -0.1) is 0 Å². The minimum absolute atomic E-state index is 0.0399. The standard InChI is InChI=1S/C19H30N4O/c1-4-19(11-8-12-19)15-22-18(21-14-17(24)23(2)3)20-13-16-9-6-5-7-10-16/h5-7,9-10H,4,8,11-15H2,1-3H3,(H2,20,21,22). The smallest absolute Gasteiger partial charge is 0.241 e. The summed E-state index contributed by atoms with van der Waals surface area (Å²) in [6, 6.07) is 10.2. The Morgan fingerprint density at radius 3 is 2.46 bits per heavy atom. The number of rotatable bonds is 7. The van der Waals surface area contributed by atoms with Crippen LogP contribution in [-0.4, -0.2) is 44.0 Å². The first-order valence-corrected chi connectivity index (χ1v) is 8.81. The third kappa shape index (κ3) is 5.25. The lowest BCUT2D eigenvalue weighted by atomic mass is 9.67. The number of aliphatic imine (C=N–C) groups is 1. The van der Waals surface area contributed by atoms with Gasteiger partial charge in [-0.1, -0.05) is 43.7 Å². The van der Waals surface area contributed by atoms with Crippen molar-refractivity contribution in [1.29, 1.82) is 0 Å². The van der Waals surface area contributed by atoms with Gasteiger partial charge in [-0.2, -0.15) is 0 Å². The van der Waals surface area contributed by atoms with Crippen LogP contribution in [0.2, 0.25) is 0 Å². The average Bonchev–Trinajstić information content (AvgIpc) is 2.56. The van der Waals surface area contributed by atoms with Crippen molar-refractivity contribution in [2.75, 3.05) is 27.2 Å². The van der Waals surface area contributed by atoms with Crippen molar-refractivity contribution in [1.82, 2.24) is 15.5 Å². The Morgan fingerprint density at radius 1 is 1.21 bits per heavy atom. The molecule has 1 aromatic carbocycles. The third-order valence-corrected chi connectivity index (χ3v) is 4.96. The highest BCUT2D eigenvalue weighted by Crippen LogP contribution is 2.42. The molecule has 0 saturated heterocycles. The van der Waals surface area contributed by atoms with Crippen LogP contribution in [0.5, 0.6) is 0 Å². The van der Waals surface area contributed by atoms with Crippen molar-refractivity contribution in [3.8, 4) is 0 Å². The first kappa shape index (κ1) is 18.3. The van der Waals surface area contributed by atoms with Crippen LogP contribution in [0.4, 0.5) is 0 Å². The maximum Gasteiger partial charge on any atom is 0.241 e. The fourth-order valence-corrected chi connectivity index (χ4v) is 2.85. The summed E-state index contributed by atoms with van der Waals surface area (Å²) < 4.78 is 0. The lowest BCUT2D eigenvalue weighted by molar-refractivity contribution is -0.127. The predicted molar refractivity (Wildman–Crippen MR) is 98.9 cm³/mol. The first-order chi connectivity index (χ1) is 11.5. The monoisotopic (exact) mass is 330 g/mol. The van der Waals surface area contributed by atoms with E-state index in [2.05, 4.69) is 34.7 Å². The average molecular weight is 330 g/mol. The van der Waals surface area contributed by atoms with E-state index in [-0.39, 0.29) is 12.5 Å². The summed E-state index contributed by atoms with van der Waals surface area (Å²) in [7, 11) is 3.53. The predicted octanol–water partition coefficient (Wildman–Crippen LogP) is 2.39. The van der Waals surface area contributed by atoms with Gasteiger partial charge in [-0.3, -0.25) is 4.79 Å². The lowest BCUT2D eigenvalue weighted by Gasteiger charge is -2.41. The van der Waals surface area contributed by atoms with Crippen molar-refractivity contribution in [2.24, 2.45) is 10.4 Å². The molecule has 0 radical (unpaired) electrons. The molecule has 0 aromatic heterocycles. The largest absolute Gasteiger partial charge is 0.356 e. The number of guanidine groups is 1. The molecule has 132 valence electrons. The Hall–Kier alpha value is -2.04. The highest BCUT2D eigenvalue weighted by Gasteiger charge is 2.34. The molecule has 0 aliphatic heterocycles. The van der Waals surface area contributed by atoms with Crippen LogP contribution in [0.15, 0.2) is 35.3 Å². The van der Waals surface area contributed by atoms with Gasteiger partial charge in [0, 0.05) is 20.6 Å². The van der Waals surface area contributed by atoms with E-state index >= 15 is 0 Å². The van der Waals surface area contributed by atoms with Crippen molar-refractivity contribution in [3.63, 3.8) is 0 Å². The zero-order valence-corrected chi connectivity index (χ0v) is 15.1. The molecule has 1 aliphatic carbocycles. The number of hydrogen-bond acceptors (Lipinski definition) is 2. The van der Waals surface area contributed by atoms with Crippen LogP contribution in [0.25, 0.3) is 0 Å². The van der Waals surface area contributed by atoms with E-state index in [0.29, 0.717) is 17.9 Å². The second kappa shape index (κ2) is 8.71. The zero-order valence-electron chi connectivity index (χ0n) is 15.1. The fraction of sp³-hybridized carbons (Fsp3) is 0.579. The molecular weight excluding hydrogens is 300 g/mol. The van der Waals surface area contributed by atoms with Crippen molar-refractivity contribution in [3.05, 3.63) is 35.9 Å². The Morgan fingerprint density at radius 2 is 1.92 bits per heavy atom. The van der Waals surface area contributed by atoms with E-state index in [1.54, 1.807) is 19.0 Å². The van der Waals surface area contributed by atoms with E-state index in [1.807, 2.05) is 18.2 Å². The van der Waals surface area contributed by atoms with Gasteiger partial charge >= 0.3 is 0 Å². The minimum atomic E-state index is 0.0399. The van der Waals surface area contributed by atoms with Gasteiger partial charge < -0.3 is 15.5 Å². The molecule has 1 fully saturated rings. The summed E-state index contributed by atoms with van der Waals surface area (Å²) in [5.74, 6) is 0.756. The topological polar surface area (TPSA) is 56.7 Å². The van der Waals surface area contributed by atoms with Crippen LogP contribution in [0.1, 0.15) is 38.2 Å². The quantitative estimate of drug-likeness (QED) is 0.596. The summed E-state index contributed by atoms with van der Waals surface area (Å²) in [5.41, 5.74) is 1.56. The minimum Gasteiger partial charge on any atom is -0.356 e. The summed E-state index contributed by atoms with van der Waals surface area (Å²) in [4.78, 5) is 18.1. The van der Waals surface area contributed by atoms with Gasteiger partial charge in [0.1, 0.15) is 0 Å². The van der Waals surface area contributed by atoms with Crippen LogP contribution in [0, 0.1) is 5.41 Å². The molecule has 2 rings (SSSR count). The van der Waals surface area contributed by atoms with Crippen LogP contribution in [0.3, 0.4) is 0 Å². The Labute approximate surface area is 145 Å². The Balaban J connectivity index is 1.95. The highest BCUT2D eigenvalue weighted by molar-refractivity contribution is 5.86. The molecular formula is C19H30N4O. The number of likely N-dealkylation sites (N-methyl/N-ethyl adjacent to an activating group) is 1. The van der Waals surface area contributed by atoms with Crippen LogP contribution < -0.4 is 10.6 Å².